The number of aromatic amines is 1. The third-order valence-electron chi connectivity index (χ3n) is 4.53. The van der Waals surface area contributed by atoms with Crippen molar-refractivity contribution in [3.05, 3.63) is 53.8 Å². The summed E-state index contributed by atoms with van der Waals surface area (Å²) in [5.41, 5.74) is 2.77. The molecule has 0 saturated carbocycles. The van der Waals surface area contributed by atoms with E-state index in [-0.39, 0.29) is 6.04 Å². The number of likely N-dealkylation sites (tertiary alicyclic amines) is 1. The van der Waals surface area contributed by atoms with Crippen molar-refractivity contribution in [3.63, 3.8) is 0 Å². The molecule has 26 heavy (non-hydrogen) atoms. The molecule has 1 aliphatic rings. The van der Waals surface area contributed by atoms with Crippen molar-refractivity contribution in [1.82, 2.24) is 34.8 Å². The van der Waals surface area contributed by atoms with Gasteiger partial charge in [0, 0.05) is 36.2 Å². The van der Waals surface area contributed by atoms with E-state index in [2.05, 4.69) is 40.1 Å². The molecule has 0 aliphatic carbocycles. The van der Waals surface area contributed by atoms with Gasteiger partial charge in [-0.05, 0) is 39.3 Å². The SMILES string of the molecule is Cc1cc(C)nc(Nc2nccnc2C2CCCN2Cc2ncc[nH]2)n1. The summed E-state index contributed by atoms with van der Waals surface area (Å²) < 4.78 is 0. The van der Waals surface area contributed by atoms with Crippen LogP contribution < -0.4 is 5.32 Å². The van der Waals surface area contributed by atoms with Gasteiger partial charge < -0.3 is 10.3 Å². The maximum Gasteiger partial charge on any atom is 0.228 e. The topological polar surface area (TPSA) is 95.5 Å². The van der Waals surface area contributed by atoms with Gasteiger partial charge in [-0.25, -0.2) is 19.9 Å². The number of rotatable bonds is 5. The lowest BCUT2D eigenvalue weighted by molar-refractivity contribution is 0.239. The summed E-state index contributed by atoms with van der Waals surface area (Å²) in [6.45, 7) is 5.70. The quantitative estimate of drug-likeness (QED) is 0.730. The summed E-state index contributed by atoms with van der Waals surface area (Å²) >= 11 is 0. The zero-order chi connectivity index (χ0) is 17.9. The van der Waals surface area contributed by atoms with E-state index in [0.29, 0.717) is 11.8 Å². The van der Waals surface area contributed by atoms with E-state index in [1.54, 1.807) is 18.6 Å². The van der Waals surface area contributed by atoms with Gasteiger partial charge in [-0.1, -0.05) is 0 Å². The molecule has 3 aromatic rings. The lowest BCUT2D eigenvalue weighted by atomic mass is 10.1. The summed E-state index contributed by atoms with van der Waals surface area (Å²) in [6.07, 6.45) is 9.25. The molecular weight excluding hydrogens is 328 g/mol. The van der Waals surface area contributed by atoms with E-state index in [0.717, 1.165) is 48.8 Å². The fourth-order valence-electron chi connectivity index (χ4n) is 3.48. The Morgan fingerprint density at radius 1 is 1.12 bits per heavy atom. The van der Waals surface area contributed by atoms with Crippen molar-refractivity contribution < 1.29 is 0 Å². The highest BCUT2D eigenvalue weighted by Gasteiger charge is 2.30. The normalized spacial score (nSPS) is 17.5. The number of hydrogen-bond acceptors (Lipinski definition) is 7. The molecule has 1 unspecified atom stereocenters. The molecule has 3 aromatic heterocycles. The molecule has 1 aliphatic heterocycles. The highest BCUT2D eigenvalue weighted by Crippen LogP contribution is 2.35. The van der Waals surface area contributed by atoms with Gasteiger partial charge in [0.2, 0.25) is 5.95 Å². The minimum Gasteiger partial charge on any atom is -0.348 e. The summed E-state index contributed by atoms with van der Waals surface area (Å²) in [4.78, 5) is 28.0. The van der Waals surface area contributed by atoms with Gasteiger partial charge in [-0.3, -0.25) is 9.88 Å². The number of H-pyrrole nitrogens is 1. The van der Waals surface area contributed by atoms with Crippen LogP contribution in [0.4, 0.5) is 11.8 Å². The highest BCUT2D eigenvalue weighted by atomic mass is 15.2. The Balaban J connectivity index is 1.60. The standard InChI is InChI=1S/C18H22N8/c1-12-10-13(2)24-18(23-12)25-17-16(21-7-8-22-17)14-4-3-9-26(14)11-15-19-5-6-20-15/h5-8,10,14H,3-4,9,11H2,1-2H3,(H,19,20)(H,22,23,24,25). The number of nitrogens with zero attached hydrogens (tertiary/aromatic N) is 6. The molecule has 4 rings (SSSR count). The molecule has 0 spiro atoms. The van der Waals surface area contributed by atoms with E-state index in [4.69, 9.17) is 0 Å². The Labute approximate surface area is 152 Å². The van der Waals surface area contributed by atoms with Crippen LogP contribution in [0.15, 0.2) is 30.9 Å². The smallest absolute Gasteiger partial charge is 0.228 e. The van der Waals surface area contributed by atoms with Crippen molar-refractivity contribution in [2.45, 2.75) is 39.3 Å². The van der Waals surface area contributed by atoms with E-state index in [1.165, 1.54) is 0 Å². The number of anilines is 2. The minimum atomic E-state index is 0.196. The predicted molar refractivity (Wildman–Crippen MR) is 97.8 cm³/mol. The van der Waals surface area contributed by atoms with E-state index in [9.17, 15) is 0 Å². The third kappa shape index (κ3) is 3.55. The van der Waals surface area contributed by atoms with Crippen LogP contribution in [-0.2, 0) is 6.54 Å². The molecule has 0 amide bonds. The van der Waals surface area contributed by atoms with Gasteiger partial charge in [0.05, 0.1) is 12.6 Å². The zero-order valence-corrected chi connectivity index (χ0v) is 15.0. The fourth-order valence-corrected chi connectivity index (χ4v) is 3.48. The second kappa shape index (κ2) is 7.17. The molecule has 0 radical (unpaired) electrons. The number of imidazole rings is 1. The second-order valence-electron chi connectivity index (χ2n) is 6.55. The number of aryl methyl sites for hydroxylation is 2. The van der Waals surface area contributed by atoms with Crippen molar-refractivity contribution in [2.75, 3.05) is 11.9 Å². The summed E-state index contributed by atoms with van der Waals surface area (Å²) in [6, 6.07) is 2.15. The van der Waals surface area contributed by atoms with Gasteiger partial charge in [-0.2, -0.15) is 0 Å². The Bertz CT molecular complexity index is 856. The Morgan fingerprint density at radius 3 is 2.69 bits per heavy atom. The average Bonchev–Trinajstić information content (AvgIpc) is 3.27. The molecule has 134 valence electrons. The lowest BCUT2D eigenvalue weighted by Crippen LogP contribution is -2.25. The van der Waals surface area contributed by atoms with E-state index < -0.39 is 0 Å². The minimum absolute atomic E-state index is 0.196. The molecule has 2 N–H and O–H groups in total. The molecule has 1 saturated heterocycles. The average molecular weight is 350 g/mol. The summed E-state index contributed by atoms with van der Waals surface area (Å²) in [5, 5.41) is 3.26. The first-order valence-corrected chi connectivity index (χ1v) is 8.81. The molecule has 8 nitrogen and oxygen atoms in total. The Hall–Kier alpha value is -2.87. The van der Waals surface area contributed by atoms with Gasteiger partial charge in [0.1, 0.15) is 11.5 Å². The van der Waals surface area contributed by atoms with Crippen LogP contribution in [0.1, 0.15) is 41.8 Å². The monoisotopic (exact) mass is 350 g/mol. The van der Waals surface area contributed by atoms with Crippen molar-refractivity contribution >= 4 is 11.8 Å². The van der Waals surface area contributed by atoms with E-state index in [1.807, 2.05) is 26.1 Å². The highest BCUT2D eigenvalue weighted by molar-refractivity contribution is 5.52. The second-order valence-corrected chi connectivity index (χ2v) is 6.55. The van der Waals surface area contributed by atoms with Crippen LogP contribution in [0.25, 0.3) is 0 Å². The van der Waals surface area contributed by atoms with Crippen LogP contribution in [0.3, 0.4) is 0 Å². The molecule has 0 aromatic carbocycles. The predicted octanol–water partition coefficient (Wildman–Crippen LogP) is 2.69. The molecule has 0 bridgehead atoms. The van der Waals surface area contributed by atoms with Crippen LogP contribution >= 0.6 is 0 Å². The third-order valence-corrected chi connectivity index (χ3v) is 4.53. The zero-order valence-electron chi connectivity index (χ0n) is 15.0. The first kappa shape index (κ1) is 16.6. The van der Waals surface area contributed by atoms with Crippen LogP contribution in [-0.4, -0.2) is 41.3 Å². The Kier molecular flexibility index (Phi) is 4.57. The van der Waals surface area contributed by atoms with Gasteiger partial charge in [0.25, 0.3) is 0 Å². The Morgan fingerprint density at radius 2 is 1.92 bits per heavy atom. The van der Waals surface area contributed by atoms with Crippen molar-refractivity contribution in [2.24, 2.45) is 0 Å². The van der Waals surface area contributed by atoms with Crippen molar-refractivity contribution in [1.29, 1.82) is 0 Å². The first-order chi connectivity index (χ1) is 12.7. The maximum absolute atomic E-state index is 4.63. The summed E-state index contributed by atoms with van der Waals surface area (Å²) in [5.74, 6) is 2.24. The van der Waals surface area contributed by atoms with E-state index >= 15 is 0 Å². The number of nitrogens with one attached hydrogen (secondary N) is 2. The van der Waals surface area contributed by atoms with Crippen molar-refractivity contribution in [3.8, 4) is 0 Å². The number of aromatic nitrogens is 6. The summed E-state index contributed by atoms with van der Waals surface area (Å²) in [7, 11) is 0. The largest absolute Gasteiger partial charge is 0.348 e. The van der Waals surface area contributed by atoms with Crippen LogP contribution in [0.5, 0.6) is 0 Å². The fraction of sp³-hybridized carbons (Fsp3) is 0.389. The molecule has 1 atom stereocenters. The van der Waals surface area contributed by atoms with Crippen LogP contribution in [0, 0.1) is 13.8 Å². The molecule has 1 fully saturated rings. The van der Waals surface area contributed by atoms with Gasteiger partial charge >= 0.3 is 0 Å². The van der Waals surface area contributed by atoms with Crippen LogP contribution in [0.2, 0.25) is 0 Å². The molecule has 4 heterocycles. The molecular formula is C18H22N8. The van der Waals surface area contributed by atoms with Gasteiger partial charge in [0.15, 0.2) is 5.82 Å². The lowest BCUT2D eigenvalue weighted by Gasteiger charge is -2.24. The number of hydrogen-bond donors (Lipinski definition) is 2. The van der Waals surface area contributed by atoms with Gasteiger partial charge in [-0.15, -0.1) is 0 Å². The molecule has 8 heteroatoms. The first-order valence-electron chi connectivity index (χ1n) is 8.81. The maximum atomic E-state index is 4.63.